The Kier molecular flexibility index (Phi) is 5.15. The molecule has 3 heterocycles. The summed E-state index contributed by atoms with van der Waals surface area (Å²) in [5, 5.41) is 9.04. The average molecular weight is 463 g/mol. The van der Waals surface area contributed by atoms with E-state index in [2.05, 4.69) is 30.6 Å². The summed E-state index contributed by atoms with van der Waals surface area (Å²) in [5.74, 6) is 1.61. The number of nitrogens with one attached hydrogen (secondary N) is 4. The third-order valence-corrected chi connectivity index (χ3v) is 5.89. The number of hydrogen-bond acceptors (Lipinski definition) is 8. The lowest BCUT2D eigenvalue weighted by Crippen LogP contribution is -2.11. The van der Waals surface area contributed by atoms with E-state index in [-0.39, 0.29) is 11.9 Å². The van der Waals surface area contributed by atoms with Gasteiger partial charge in [0.25, 0.3) is 5.91 Å². The Morgan fingerprint density at radius 1 is 1.12 bits per heavy atom. The van der Waals surface area contributed by atoms with E-state index in [0.717, 1.165) is 16.3 Å². The molecule has 6 N–H and O–H groups in total. The third kappa shape index (κ3) is 3.85. The fourth-order valence-electron chi connectivity index (χ4n) is 3.54. The summed E-state index contributed by atoms with van der Waals surface area (Å²) < 4.78 is 10.8. The highest BCUT2D eigenvalue weighted by Gasteiger charge is 2.21. The lowest BCUT2D eigenvalue weighted by Gasteiger charge is -2.07. The molecule has 166 valence electrons. The quantitative estimate of drug-likeness (QED) is 0.302. The van der Waals surface area contributed by atoms with Crippen LogP contribution < -0.4 is 30.8 Å². The number of aromatic amines is 2. The average Bonchev–Trinajstić information content (AvgIpc) is 3.41. The molecule has 2 aromatic carbocycles. The van der Waals surface area contributed by atoms with Crippen LogP contribution in [0.4, 0.5) is 21.9 Å². The van der Waals surface area contributed by atoms with Crippen LogP contribution in [0.5, 0.6) is 11.5 Å². The number of benzene rings is 2. The summed E-state index contributed by atoms with van der Waals surface area (Å²) in [6.07, 6.45) is 1.71. The van der Waals surface area contributed by atoms with Crippen molar-refractivity contribution < 1.29 is 19.3 Å². The first-order valence-electron chi connectivity index (χ1n) is 9.91. The van der Waals surface area contributed by atoms with Gasteiger partial charge in [0.2, 0.25) is 11.8 Å². The van der Waals surface area contributed by atoms with E-state index in [4.69, 9.17) is 15.2 Å². The molecule has 10 nitrogen and oxygen atoms in total. The third-order valence-electron chi connectivity index (χ3n) is 5.02. The van der Waals surface area contributed by atoms with Crippen LogP contribution >= 0.6 is 11.3 Å². The van der Waals surface area contributed by atoms with Gasteiger partial charge < -0.3 is 25.5 Å². The van der Waals surface area contributed by atoms with Crippen molar-refractivity contribution in [2.75, 3.05) is 30.6 Å². The molecule has 0 spiro atoms. The van der Waals surface area contributed by atoms with Crippen molar-refractivity contribution in [1.29, 1.82) is 0 Å². The van der Waals surface area contributed by atoms with Crippen molar-refractivity contribution in [2.45, 2.75) is 0 Å². The molecule has 0 fully saturated rings. The summed E-state index contributed by atoms with van der Waals surface area (Å²) >= 11 is 1.33. The van der Waals surface area contributed by atoms with Crippen LogP contribution in [0.25, 0.3) is 21.9 Å². The zero-order chi connectivity index (χ0) is 22.9. The molecule has 0 radical (unpaired) electrons. The molecule has 11 heteroatoms. The van der Waals surface area contributed by atoms with Gasteiger partial charge in [-0.15, -0.1) is 0 Å². The van der Waals surface area contributed by atoms with Crippen LogP contribution in [-0.2, 0) is 0 Å². The first-order chi connectivity index (χ1) is 16.1. The summed E-state index contributed by atoms with van der Waals surface area (Å²) in [5.41, 5.74) is 7.91. The summed E-state index contributed by atoms with van der Waals surface area (Å²) in [4.78, 5) is 27.5. The van der Waals surface area contributed by atoms with Crippen molar-refractivity contribution in [2.24, 2.45) is 0 Å². The number of nitrogens with two attached hydrogens (primary N) is 1. The zero-order valence-electron chi connectivity index (χ0n) is 17.7. The van der Waals surface area contributed by atoms with Crippen LogP contribution in [-0.4, -0.2) is 35.1 Å². The number of H-pyrrole nitrogens is 2. The predicted molar refractivity (Wildman–Crippen MR) is 127 cm³/mol. The second-order valence-corrected chi connectivity index (χ2v) is 8.11. The van der Waals surface area contributed by atoms with Gasteiger partial charge in [-0.3, -0.25) is 4.79 Å². The Bertz CT molecular complexity index is 1480. The molecule has 0 unspecified atom stereocenters. The summed E-state index contributed by atoms with van der Waals surface area (Å²) in [6, 6.07) is 12.7. The van der Waals surface area contributed by atoms with E-state index in [1.54, 1.807) is 32.5 Å². The lowest BCUT2D eigenvalue weighted by molar-refractivity contribution is -0.353. The van der Waals surface area contributed by atoms with Gasteiger partial charge in [-0.25, -0.2) is 10.3 Å². The predicted octanol–water partition coefficient (Wildman–Crippen LogP) is 3.58. The number of hydrogen-bond donors (Lipinski definition) is 4. The van der Waals surface area contributed by atoms with E-state index in [9.17, 15) is 4.79 Å². The first-order valence-corrected chi connectivity index (χ1v) is 10.7. The molecule has 0 bridgehead atoms. The van der Waals surface area contributed by atoms with Gasteiger partial charge in [0.05, 0.1) is 25.1 Å². The van der Waals surface area contributed by atoms with Gasteiger partial charge in [-0.1, -0.05) is 18.2 Å². The van der Waals surface area contributed by atoms with Crippen LogP contribution in [0, 0.1) is 0 Å². The SMILES string of the molecule is COc1cc2[nH]c3nc(N)nc(Nc4[nH+]cc(NC(=O)c5ccccc5)s4)c3c2cc1OC. The van der Waals surface area contributed by atoms with Crippen molar-refractivity contribution in [3.63, 3.8) is 0 Å². The molecule has 1 amide bonds. The molecule has 0 aliphatic heterocycles. The molecule has 0 aliphatic carbocycles. The number of thiazole rings is 1. The van der Waals surface area contributed by atoms with Crippen LogP contribution in [0.15, 0.2) is 48.7 Å². The maximum Gasteiger partial charge on any atom is 0.339 e. The van der Waals surface area contributed by atoms with Gasteiger partial charge in [-0.05, 0) is 29.5 Å². The minimum absolute atomic E-state index is 0.115. The molecule has 5 rings (SSSR count). The second kappa shape index (κ2) is 8.28. The van der Waals surface area contributed by atoms with E-state index in [0.29, 0.717) is 38.7 Å². The Morgan fingerprint density at radius 3 is 2.64 bits per heavy atom. The number of amides is 1. The van der Waals surface area contributed by atoms with Crippen LogP contribution in [0.1, 0.15) is 10.4 Å². The topological polar surface area (TPSA) is 141 Å². The second-order valence-electron chi connectivity index (χ2n) is 7.06. The number of methoxy groups -OCH3 is 2. The Morgan fingerprint density at radius 2 is 1.88 bits per heavy atom. The number of anilines is 4. The maximum atomic E-state index is 12.4. The lowest BCUT2D eigenvalue weighted by atomic mass is 10.2. The number of nitrogen functional groups attached to an aromatic ring is 1. The van der Waals surface area contributed by atoms with Crippen LogP contribution in [0.2, 0.25) is 0 Å². The Balaban J connectivity index is 1.49. The first kappa shape index (κ1) is 20.5. The highest BCUT2D eigenvalue weighted by Crippen LogP contribution is 2.38. The number of rotatable bonds is 6. The van der Waals surface area contributed by atoms with Crippen molar-refractivity contribution in [3.05, 3.63) is 54.2 Å². The fourth-order valence-corrected chi connectivity index (χ4v) is 4.28. The molecular formula is C22H20N7O3S+. The van der Waals surface area contributed by atoms with Crippen molar-refractivity contribution >= 4 is 61.1 Å². The number of aromatic nitrogens is 4. The molecule has 0 saturated heterocycles. The highest BCUT2D eigenvalue weighted by molar-refractivity contribution is 7.19. The van der Waals surface area contributed by atoms with Crippen LogP contribution in [0.3, 0.4) is 0 Å². The molecule has 3 aromatic heterocycles. The zero-order valence-corrected chi connectivity index (χ0v) is 18.5. The molecule has 5 aromatic rings. The van der Waals surface area contributed by atoms with Gasteiger partial charge in [0.1, 0.15) is 16.8 Å². The largest absolute Gasteiger partial charge is 0.493 e. The van der Waals surface area contributed by atoms with E-state index >= 15 is 0 Å². The number of fused-ring (bicyclic) bond motifs is 3. The van der Waals surface area contributed by atoms with Crippen molar-refractivity contribution in [1.82, 2.24) is 15.0 Å². The summed E-state index contributed by atoms with van der Waals surface area (Å²) in [6.45, 7) is 0. The monoisotopic (exact) mass is 462 g/mol. The number of carbonyl (C=O) groups excluding carboxylic acids is 1. The molecule has 0 saturated carbocycles. The Hall–Kier alpha value is -4.38. The molecule has 0 atom stereocenters. The smallest absolute Gasteiger partial charge is 0.339 e. The minimum atomic E-state index is -0.191. The number of carbonyl (C=O) groups is 1. The number of nitrogens with zero attached hydrogens (tertiary/aromatic N) is 2. The summed E-state index contributed by atoms with van der Waals surface area (Å²) in [7, 11) is 3.16. The van der Waals surface area contributed by atoms with Gasteiger partial charge in [-0.2, -0.15) is 9.97 Å². The fraction of sp³-hybridized carbons (Fsp3) is 0.0909. The maximum absolute atomic E-state index is 12.4. The highest BCUT2D eigenvalue weighted by atomic mass is 32.1. The number of ether oxygens (including phenoxy) is 2. The Labute approximate surface area is 191 Å². The van der Waals surface area contributed by atoms with E-state index in [1.165, 1.54) is 11.3 Å². The molecule has 33 heavy (non-hydrogen) atoms. The molecular weight excluding hydrogens is 442 g/mol. The van der Waals surface area contributed by atoms with E-state index in [1.807, 2.05) is 30.3 Å². The standard InChI is InChI=1S/C22H19N7O3S/c1-31-14-8-12-13(9-15(14)32-2)25-18-17(12)19(28-21(23)27-18)29-22-24-10-16(33-22)26-20(30)11-6-4-3-5-7-11/h3-10H,1-2H3,(H,26,30)(H4,23,24,25,27,28,29)/p+1. The van der Waals surface area contributed by atoms with Gasteiger partial charge >= 0.3 is 5.13 Å². The molecule has 0 aliphatic rings. The van der Waals surface area contributed by atoms with Gasteiger partial charge in [0.15, 0.2) is 11.5 Å². The van der Waals surface area contributed by atoms with Gasteiger partial charge in [0, 0.05) is 17.0 Å². The van der Waals surface area contributed by atoms with Crippen molar-refractivity contribution in [3.8, 4) is 11.5 Å². The van der Waals surface area contributed by atoms with E-state index < -0.39 is 0 Å². The normalized spacial score (nSPS) is 11.0. The minimum Gasteiger partial charge on any atom is -0.493 e.